The van der Waals surface area contributed by atoms with E-state index >= 15 is 0 Å². The highest BCUT2D eigenvalue weighted by Crippen LogP contribution is 2.52. The summed E-state index contributed by atoms with van der Waals surface area (Å²) in [6.45, 7) is 8.19. The molecule has 2 heterocycles. The molecule has 3 aromatic carbocycles. The quantitative estimate of drug-likeness (QED) is 0.438. The standard InChI is InChI=1S/C28H28FN3O3S/c1-5-34-22-8-6-7-20-24-23(26(33)30-21-14-9-16(2)15-17(21)3)28(4,35-25(20)22)32(27(36)31-24)19-12-10-18(29)11-13-19/h6-15,23-24H,5H2,1-4H3,(H,30,33)(H,31,36)/t23-,24-,28-/m1/s1. The monoisotopic (exact) mass is 505 g/mol. The highest BCUT2D eigenvalue weighted by molar-refractivity contribution is 7.80. The minimum Gasteiger partial charge on any atom is -0.490 e. The second kappa shape index (κ2) is 9.09. The molecule has 0 spiro atoms. The Bertz CT molecular complexity index is 1350. The molecule has 1 amide bonds. The van der Waals surface area contributed by atoms with Crippen LogP contribution in [0.4, 0.5) is 15.8 Å². The van der Waals surface area contributed by atoms with E-state index in [1.165, 1.54) is 12.1 Å². The number of benzene rings is 3. The van der Waals surface area contributed by atoms with Crippen LogP contribution in [0.1, 0.15) is 36.6 Å². The summed E-state index contributed by atoms with van der Waals surface area (Å²) in [6.07, 6.45) is 0. The van der Waals surface area contributed by atoms with Gasteiger partial charge in [-0.05, 0) is 81.9 Å². The topological polar surface area (TPSA) is 62.8 Å². The van der Waals surface area contributed by atoms with Gasteiger partial charge in [-0.1, -0.05) is 29.8 Å². The maximum Gasteiger partial charge on any atom is 0.236 e. The van der Waals surface area contributed by atoms with Gasteiger partial charge < -0.3 is 20.1 Å². The molecule has 0 aliphatic carbocycles. The smallest absolute Gasteiger partial charge is 0.236 e. The van der Waals surface area contributed by atoms with E-state index in [0.29, 0.717) is 28.9 Å². The Morgan fingerprint density at radius 3 is 2.64 bits per heavy atom. The Morgan fingerprint density at radius 2 is 1.94 bits per heavy atom. The zero-order chi connectivity index (χ0) is 25.6. The molecule has 2 aliphatic heterocycles. The zero-order valence-corrected chi connectivity index (χ0v) is 21.4. The lowest BCUT2D eigenvalue weighted by Crippen LogP contribution is -2.72. The molecule has 1 saturated heterocycles. The van der Waals surface area contributed by atoms with Crippen LogP contribution in [0.2, 0.25) is 0 Å². The molecule has 0 saturated carbocycles. The molecule has 6 nitrogen and oxygen atoms in total. The number of carbonyl (C=O) groups is 1. The number of para-hydroxylation sites is 1. The number of fused-ring (bicyclic) bond motifs is 4. The summed E-state index contributed by atoms with van der Waals surface area (Å²) in [7, 11) is 0. The van der Waals surface area contributed by atoms with Crippen molar-refractivity contribution in [2.45, 2.75) is 39.5 Å². The van der Waals surface area contributed by atoms with Crippen molar-refractivity contribution in [3.63, 3.8) is 0 Å². The van der Waals surface area contributed by atoms with Crippen LogP contribution in [0, 0.1) is 25.6 Å². The van der Waals surface area contributed by atoms with Gasteiger partial charge in [-0.3, -0.25) is 9.69 Å². The molecule has 2 N–H and O–H groups in total. The number of carbonyl (C=O) groups excluding carboxylic acids is 1. The number of rotatable bonds is 5. The maximum atomic E-state index is 14.0. The first kappa shape index (κ1) is 24.1. The van der Waals surface area contributed by atoms with E-state index < -0.39 is 17.7 Å². The fourth-order valence-corrected chi connectivity index (χ4v) is 5.60. The van der Waals surface area contributed by atoms with Crippen LogP contribution < -0.4 is 25.0 Å². The summed E-state index contributed by atoms with van der Waals surface area (Å²) in [6, 6.07) is 17.0. The average Bonchev–Trinajstić information content (AvgIpc) is 2.82. The summed E-state index contributed by atoms with van der Waals surface area (Å²) < 4.78 is 26.3. The van der Waals surface area contributed by atoms with Crippen molar-refractivity contribution in [3.05, 3.63) is 83.2 Å². The molecule has 186 valence electrons. The third kappa shape index (κ3) is 3.95. The van der Waals surface area contributed by atoms with E-state index in [0.717, 1.165) is 22.4 Å². The highest BCUT2D eigenvalue weighted by atomic mass is 32.1. The zero-order valence-electron chi connectivity index (χ0n) is 20.6. The van der Waals surface area contributed by atoms with Crippen LogP contribution >= 0.6 is 12.2 Å². The maximum absolute atomic E-state index is 14.0. The lowest BCUT2D eigenvalue weighted by atomic mass is 9.78. The first-order valence-electron chi connectivity index (χ1n) is 11.9. The molecule has 2 bridgehead atoms. The van der Waals surface area contributed by atoms with Crippen molar-refractivity contribution in [1.29, 1.82) is 0 Å². The van der Waals surface area contributed by atoms with Gasteiger partial charge in [-0.2, -0.15) is 0 Å². The van der Waals surface area contributed by atoms with Crippen molar-refractivity contribution in [2.24, 2.45) is 5.92 Å². The Hall–Kier alpha value is -3.65. The number of thiocarbonyl (C=S) groups is 1. The van der Waals surface area contributed by atoms with Crippen molar-refractivity contribution in [1.82, 2.24) is 5.32 Å². The van der Waals surface area contributed by atoms with E-state index in [1.807, 2.05) is 64.1 Å². The van der Waals surface area contributed by atoms with E-state index in [-0.39, 0.29) is 11.7 Å². The molecule has 2 aliphatic rings. The first-order valence-corrected chi connectivity index (χ1v) is 12.3. The van der Waals surface area contributed by atoms with Gasteiger partial charge in [0.1, 0.15) is 11.7 Å². The van der Waals surface area contributed by atoms with E-state index in [2.05, 4.69) is 10.6 Å². The van der Waals surface area contributed by atoms with Crippen LogP contribution in [0.25, 0.3) is 0 Å². The largest absolute Gasteiger partial charge is 0.490 e. The van der Waals surface area contributed by atoms with Gasteiger partial charge in [0.25, 0.3) is 0 Å². The second-order valence-corrected chi connectivity index (χ2v) is 9.68. The molecule has 3 aromatic rings. The predicted molar refractivity (Wildman–Crippen MR) is 142 cm³/mol. The Kier molecular flexibility index (Phi) is 6.08. The molecule has 36 heavy (non-hydrogen) atoms. The summed E-state index contributed by atoms with van der Waals surface area (Å²) in [5.41, 5.74) is 2.98. The lowest BCUT2D eigenvalue weighted by molar-refractivity contribution is -0.130. The number of hydrogen-bond donors (Lipinski definition) is 2. The number of aryl methyl sites for hydroxylation is 2. The third-order valence-corrected chi connectivity index (χ3v) is 7.10. The third-order valence-electron chi connectivity index (χ3n) is 6.80. The number of nitrogens with one attached hydrogen (secondary N) is 2. The minimum absolute atomic E-state index is 0.218. The molecule has 5 rings (SSSR count). The van der Waals surface area contributed by atoms with Crippen LogP contribution in [-0.2, 0) is 4.79 Å². The molecule has 3 atom stereocenters. The number of amides is 1. The van der Waals surface area contributed by atoms with E-state index in [4.69, 9.17) is 21.7 Å². The number of nitrogens with zero attached hydrogens (tertiary/aromatic N) is 1. The van der Waals surface area contributed by atoms with Crippen LogP contribution in [0.3, 0.4) is 0 Å². The van der Waals surface area contributed by atoms with Crippen LogP contribution in [0.15, 0.2) is 60.7 Å². The Morgan fingerprint density at radius 1 is 1.19 bits per heavy atom. The van der Waals surface area contributed by atoms with E-state index in [1.54, 1.807) is 17.0 Å². The SMILES string of the molecule is CCOc1cccc2c1O[C@]1(C)[C@@H](C(=O)Nc3ccc(C)cc3C)[C@@H]2NC(=S)N1c1ccc(F)cc1. The van der Waals surface area contributed by atoms with Crippen molar-refractivity contribution in [2.75, 3.05) is 16.8 Å². The Labute approximate surface area is 215 Å². The number of hydrogen-bond acceptors (Lipinski definition) is 4. The van der Waals surface area contributed by atoms with Gasteiger partial charge in [0.15, 0.2) is 22.3 Å². The van der Waals surface area contributed by atoms with Gasteiger partial charge in [-0.25, -0.2) is 4.39 Å². The molecule has 8 heteroatoms. The van der Waals surface area contributed by atoms with Crippen LogP contribution in [-0.4, -0.2) is 23.4 Å². The summed E-state index contributed by atoms with van der Waals surface area (Å²) in [5.74, 6) is -0.142. The van der Waals surface area contributed by atoms with Crippen molar-refractivity contribution >= 4 is 34.6 Å². The van der Waals surface area contributed by atoms with Crippen molar-refractivity contribution in [3.8, 4) is 11.5 Å². The Balaban J connectivity index is 1.64. The molecule has 0 unspecified atom stereocenters. The van der Waals surface area contributed by atoms with Gasteiger partial charge in [0.05, 0.1) is 12.6 Å². The van der Waals surface area contributed by atoms with Gasteiger partial charge in [-0.15, -0.1) is 0 Å². The summed E-state index contributed by atoms with van der Waals surface area (Å²) >= 11 is 5.76. The number of ether oxygens (including phenoxy) is 2. The molecular formula is C28H28FN3O3S. The molecule has 0 aromatic heterocycles. The molecular weight excluding hydrogens is 477 g/mol. The fourth-order valence-electron chi connectivity index (χ4n) is 5.18. The highest BCUT2D eigenvalue weighted by Gasteiger charge is 2.59. The van der Waals surface area contributed by atoms with Gasteiger partial charge in [0, 0.05) is 16.9 Å². The molecule has 0 radical (unpaired) electrons. The van der Waals surface area contributed by atoms with Crippen LogP contribution in [0.5, 0.6) is 11.5 Å². The van der Waals surface area contributed by atoms with Crippen molar-refractivity contribution < 1.29 is 18.7 Å². The summed E-state index contributed by atoms with van der Waals surface area (Å²) in [4.78, 5) is 15.7. The average molecular weight is 506 g/mol. The van der Waals surface area contributed by atoms with Gasteiger partial charge in [0.2, 0.25) is 5.91 Å². The minimum atomic E-state index is -1.23. The van der Waals surface area contributed by atoms with Gasteiger partial charge >= 0.3 is 0 Å². The van der Waals surface area contributed by atoms with E-state index in [9.17, 15) is 9.18 Å². The number of halogens is 1. The summed E-state index contributed by atoms with van der Waals surface area (Å²) in [5, 5.41) is 6.86. The first-order chi connectivity index (χ1) is 17.2. The predicted octanol–water partition coefficient (Wildman–Crippen LogP) is 5.64. The normalized spacial score (nSPS) is 22.2. The molecule has 1 fully saturated rings. The lowest BCUT2D eigenvalue weighted by Gasteiger charge is -2.56. The second-order valence-electron chi connectivity index (χ2n) is 9.29. The number of anilines is 2. The fraction of sp³-hybridized carbons (Fsp3) is 0.286.